The van der Waals surface area contributed by atoms with Gasteiger partial charge in [-0.15, -0.1) is 11.3 Å². The van der Waals surface area contributed by atoms with Gasteiger partial charge in [0, 0.05) is 79.8 Å². The fraction of sp³-hybridized carbons (Fsp3) is 0. The van der Waals surface area contributed by atoms with Gasteiger partial charge >= 0.3 is 0 Å². The van der Waals surface area contributed by atoms with E-state index in [1.807, 2.05) is 11.3 Å². The van der Waals surface area contributed by atoms with Crippen LogP contribution in [0.5, 0.6) is 0 Å². The summed E-state index contributed by atoms with van der Waals surface area (Å²) in [4.78, 5) is 10.9. The fourth-order valence-corrected chi connectivity index (χ4v) is 11.1. The molecule has 0 atom stereocenters. The zero-order chi connectivity index (χ0) is 36.9. The first-order chi connectivity index (χ1) is 28.3. The van der Waals surface area contributed by atoms with Gasteiger partial charge in [-0.1, -0.05) is 121 Å². The van der Waals surface area contributed by atoms with Gasteiger partial charge in [0.25, 0.3) is 0 Å². The number of thiophene rings is 1. The summed E-state index contributed by atoms with van der Waals surface area (Å²) in [5.41, 5.74) is 9.36. The number of hydrogen-bond donors (Lipinski definition) is 0. The van der Waals surface area contributed by atoms with Gasteiger partial charge < -0.3 is 8.82 Å². The first-order valence-electron chi connectivity index (χ1n) is 19.3. The highest BCUT2D eigenvalue weighted by molar-refractivity contribution is 7.26. The molecule has 0 saturated carbocycles. The minimum absolute atomic E-state index is 0.734. The number of furan rings is 1. The Bertz CT molecular complexity index is 4060. The van der Waals surface area contributed by atoms with Crippen LogP contribution < -0.4 is 0 Å². The van der Waals surface area contributed by atoms with E-state index in [2.05, 4.69) is 168 Å². The van der Waals surface area contributed by atoms with Gasteiger partial charge in [-0.25, -0.2) is 9.97 Å². The van der Waals surface area contributed by atoms with Crippen molar-refractivity contribution >= 4 is 124 Å². The third kappa shape index (κ3) is 3.81. The summed E-state index contributed by atoms with van der Waals surface area (Å²) >= 11 is 1.81. The van der Waals surface area contributed by atoms with E-state index in [0.29, 0.717) is 0 Å². The van der Waals surface area contributed by atoms with E-state index in [1.54, 1.807) is 0 Å². The molecule has 5 heterocycles. The largest absolute Gasteiger partial charge is 0.455 e. The number of benzene rings is 9. The molecule has 0 bridgehead atoms. The van der Waals surface area contributed by atoms with Crippen molar-refractivity contribution < 1.29 is 4.42 Å². The van der Waals surface area contributed by atoms with Crippen molar-refractivity contribution in [3.05, 3.63) is 164 Å². The van der Waals surface area contributed by atoms with Crippen molar-refractivity contribution in [1.82, 2.24) is 14.4 Å². The Hall–Kier alpha value is -7.34. The van der Waals surface area contributed by atoms with E-state index in [0.717, 1.165) is 66.3 Å². The van der Waals surface area contributed by atoms with Crippen molar-refractivity contribution in [2.75, 3.05) is 0 Å². The van der Waals surface area contributed by atoms with Crippen LogP contribution in [0.15, 0.2) is 168 Å². The smallest absolute Gasteiger partial charge is 0.161 e. The Morgan fingerprint density at radius 1 is 0.456 bits per heavy atom. The average molecular weight is 742 g/mol. The molecule has 57 heavy (non-hydrogen) atoms. The molecule has 0 unspecified atom stereocenters. The molecule has 0 aliphatic heterocycles. The highest BCUT2D eigenvalue weighted by Gasteiger charge is 2.27. The lowest BCUT2D eigenvalue weighted by atomic mass is 9.91. The Morgan fingerprint density at radius 3 is 2.14 bits per heavy atom. The molecule has 0 aliphatic carbocycles. The monoisotopic (exact) mass is 741 g/mol. The van der Waals surface area contributed by atoms with Crippen LogP contribution in [0.3, 0.4) is 0 Å². The number of hydrogen-bond acceptors (Lipinski definition) is 4. The van der Waals surface area contributed by atoms with E-state index >= 15 is 0 Å². The Kier molecular flexibility index (Phi) is 5.62. The number of nitrogens with zero attached hydrogens (tertiary/aromatic N) is 3. The highest BCUT2D eigenvalue weighted by Crippen LogP contribution is 2.51. The van der Waals surface area contributed by atoms with E-state index in [4.69, 9.17) is 14.4 Å². The molecule has 262 valence electrons. The molecule has 0 spiro atoms. The normalized spacial score (nSPS) is 12.6. The summed E-state index contributed by atoms with van der Waals surface area (Å²) in [6.45, 7) is 0. The first kappa shape index (κ1) is 29.9. The molecule has 0 fully saturated rings. The van der Waals surface area contributed by atoms with Gasteiger partial charge in [0.1, 0.15) is 11.2 Å². The van der Waals surface area contributed by atoms with Crippen LogP contribution in [0, 0.1) is 0 Å². The average Bonchev–Trinajstić information content (AvgIpc) is 3.95. The maximum atomic E-state index is 6.87. The maximum absolute atomic E-state index is 6.87. The second-order valence-corrected chi connectivity index (χ2v) is 16.3. The number of para-hydroxylation sites is 3. The lowest BCUT2D eigenvalue weighted by Gasteiger charge is -2.17. The second-order valence-electron chi connectivity index (χ2n) is 15.2. The molecule has 0 aliphatic rings. The first-order valence-corrected chi connectivity index (χ1v) is 20.1. The predicted octanol–water partition coefficient (Wildman–Crippen LogP) is 14.7. The molecular weight excluding hydrogens is 715 g/mol. The molecule has 4 nitrogen and oxygen atoms in total. The maximum Gasteiger partial charge on any atom is 0.161 e. The second kappa shape index (κ2) is 10.7. The summed E-state index contributed by atoms with van der Waals surface area (Å²) in [6, 6.07) is 59.1. The zero-order valence-electron chi connectivity index (χ0n) is 30.2. The fourth-order valence-electron chi connectivity index (χ4n) is 9.93. The van der Waals surface area contributed by atoms with Crippen LogP contribution in [0.2, 0.25) is 0 Å². The van der Waals surface area contributed by atoms with Crippen molar-refractivity contribution in [1.29, 1.82) is 0 Å². The van der Waals surface area contributed by atoms with Gasteiger partial charge in [0.05, 0.1) is 27.8 Å². The predicted molar refractivity (Wildman–Crippen MR) is 240 cm³/mol. The van der Waals surface area contributed by atoms with Crippen LogP contribution >= 0.6 is 11.3 Å². The lowest BCUT2D eigenvalue weighted by Crippen LogP contribution is -1.98. The lowest BCUT2D eigenvalue weighted by molar-refractivity contribution is 0.673. The van der Waals surface area contributed by atoms with Crippen LogP contribution in [0.1, 0.15) is 0 Å². The molecule has 9 aromatic carbocycles. The quantitative estimate of drug-likeness (QED) is 0.131. The van der Waals surface area contributed by atoms with E-state index in [1.165, 1.54) is 69.0 Å². The third-order valence-electron chi connectivity index (χ3n) is 12.3. The van der Waals surface area contributed by atoms with Crippen molar-refractivity contribution in [2.24, 2.45) is 0 Å². The Labute approximate surface area is 327 Å². The number of pyridine rings is 1. The summed E-state index contributed by atoms with van der Waals surface area (Å²) < 4.78 is 11.9. The van der Waals surface area contributed by atoms with E-state index < -0.39 is 0 Å². The van der Waals surface area contributed by atoms with Gasteiger partial charge in [0.2, 0.25) is 0 Å². The van der Waals surface area contributed by atoms with Crippen LogP contribution in [0.4, 0.5) is 0 Å². The Balaban J connectivity index is 1.22. The van der Waals surface area contributed by atoms with Crippen LogP contribution in [-0.2, 0) is 0 Å². The van der Waals surface area contributed by atoms with E-state index in [9.17, 15) is 0 Å². The molecule has 5 aromatic heterocycles. The highest BCUT2D eigenvalue weighted by atomic mass is 32.1. The minimum Gasteiger partial charge on any atom is -0.455 e. The van der Waals surface area contributed by atoms with Crippen LogP contribution in [0.25, 0.3) is 135 Å². The van der Waals surface area contributed by atoms with E-state index in [-0.39, 0.29) is 0 Å². The van der Waals surface area contributed by atoms with Crippen molar-refractivity contribution in [2.45, 2.75) is 0 Å². The SMILES string of the molecule is c1ccc2c(c1)ccc1c3c4oc5ccccc5c4cc4cc(-c5nc(-c6cccc7c6sc6ccccc67)nc6ccccc56)c5c6ccccc6n(c21)c5c43. The molecule has 0 amide bonds. The van der Waals surface area contributed by atoms with Gasteiger partial charge in [0.15, 0.2) is 5.82 Å². The standard InChI is InChI=1S/C52H27N3OS/c1-2-13-30-28(12-1)24-25-36-46-44-29(26-38-31-14-5-9-22-42(31)56-50(38)46)27-39(45-35-17-4-8-21-41(35)55(48(30)36)49(44)45)47-34-16-3-7-20-40(34)53-52(54-47)37-19-11-18-33-32-15-6-10-23-43(32)57-51(33)37/h1-27H. The third-order valence-corrected chi connectivity index (χ3v) is 13.5. The van der Waals surface area contributed by atoms with Gasteiger partial charge in [-0.2, -0.15) is 0 Å². The van der Waals surface area contributed by atoms with Crippen LogP contribution in [-0.4, -0.2) is 14.4 Å². The number of aromatic nitrogens is 3. The molecule has 0 saturated heterocycles. The Morgan fingerprint density at radius 2 is 1.21 bits per heavy atom. The number of rotatable bonds is 2. The summed E-state index contributed by atoms with van der Waals surface area (Å²) in [5.74, 6) is 0.734. The molecule has 5 heteroatoms. The number of fused-ring (bicyclic) bond motifs is 16. The van der Waals surface area contributed by atoms with Gasteiger partial charge in [-0.3, -0.25) is 0 Å². The summed E-state index contributed by atoms with van der Waals surface area (Å²) in [7, 11) is 0. The van der Waals surface area contributed by atoms with Crippen molar-refractivity contribution in [3.63, 3.8) is 0 Å². The molecular formula is C52H27N3OS. The van der Waals surface area contributed by atoms with Crippen molar-refractivity contribution in [3.8, 4) is 22.6 Å². The molecule has 0 radical (unpaired) electrons. The minimum atomic E-state index is 0.734. The molecule has 14 rings (SSSR count). The molecule has 0 N–H and O–H groups in total. The molecule has 14 aromatic rings. The van der Waals surface area contributed by atoms with Gasteiger partial charge in [-0.05, 0) is 53.2 Å². The topological polar surface area (TPSA) is 43.3 Å². The zero-order valence-corrected chi connectivity index (χ0v) is 31.1. The summed E-state index contributed by atoms with van der Waals surface area (Å²) in [6.07, 6.45) is 0. The summed E-state index contributed by atoms with van der Waals surface area (Å²) in [5, 5.41) is 15.2.